The summed E-state index contributed by atoms with van der Waals surface area (Å²) in [6, 6.07) is 13.6. The molecule has 3 rings (SSSR count). The standard InChI is InChI=1S/C16H11F3NO/c17-16(18,19)9-13-11-6-2-1-5-10(11)12-7-3-4-8-14(12)20-15(13)21/h1-8,13H,9H2. The van der Waals surface area contributed by atoms with Gasteiger partial charge in [0.15, 0.2) is 0 Å². The quantitative estimate of drug-likeness (QED) is 0.775. The van der Waals surface area contributed by atoms with Crippen LogP contribution in [0.5, 0.6) is 0 Å². The highest BCUT2D eigenvalue weighted by Crippen LogP contribution is 2.41. The molecule has 0 bridgehead atoms. The Hall–Kier alpha value is -2.30. The van der Waals surface area contributed by atoms with Crippen molar-refractivity contribution in [2.24, 2.45) is 0 Å². The number of carbonyl (C=O) groups is 1. The van der Waals surface area contributed by atoms with Crippen LogP contribution in [0.1, 0.15) is 17.9 Å². The normalized spacial score (nSPS) is 17.5. The molecule has 1 radical (unpaired) electrons. The Morgan fingerprint density at radius 2 is 1.57 bits per heavy atom. The fourth-order valence-electron chi connectivity index (χ4n) is 2.60. The van der Waals surface area contributed by atoms with E-state index in [1.165, 1.54) is 0 Å². The molecule has 0 fully saturated rings. The number of benzene rings is 2. The minimum Gasteiger partial charge on any atom is -0.272 e. The third kappa shape index (κ3) is 2.63. The highest BCUT2D eigenvalue weighted by molar-refractivity contribution is 5.96. The van der Waals surface area contributed by atoms with Crippen LogP contribution in [-0.2, 0) is 4.79 Å². The maximum Gasteiger partial charge on any atom is 0.390 e. The Bertz CT molecular complexity index is 694. The lowest BCUT2D eigenvalue weighted by molar-refractivity contribution is -0.147. The van der Waals surface area contributed by atoms with E-state index in [9.17, 15) is 18.0 Å². The van der Waals surface area contributed by atoms with Crippen molar-refractivity contribution in [3.8, 4) is 11.1 Å². The summed E-state index contributed by atoms with van der Waals surface area (Å²) in [6.45, 7) is 0. The van der Waals surface area contributed by atoms with Crippen molar-refractivity contribution in [3.63, 3.8) is 0 Å². The zero-order valence-electron chi connectivity index (χ0n) is 10.9. The molecule has 1 heterocycles. The topological polar surface area (TPSA) is 31.2 Å². The van der Waals surface area contributed by atoms with Gasteiger partial charge in [0.25, 0.3) is 5.91 Å². The number of nitrogens with zero attached hydrogens (tertiary/aromatic N) is 1. The first kappa shape index (κ1) is 13.7. The summed E-state index contributed by atoms with van der Waals surface area (Å²) in [4.78, 5) is 12.2. The van der Waals surface area contributed by atoms with E-state index < -0.39 is 24.4 Å². The number of rotatable bonds is 1. The van der Waals surface area contributed by atoms with Crippen molar-refractivity contribution < 1.29 is 18.0 Å². The van der Waals surface area contributed by atoms with E-state index in [1.54, 1.807) is 48.5 Å². The molecule has 1 aliphatic rings. The van der Waals surface area contributed by atoms with Gasteiger partial charge in [0.2, 0.25) is 0 Å². The van der Waals surface area contributed by atoms with Crippen molar-refractivity contribution in [1.29, 1.82) is 0 Å². The molecule has 5 heteroatoms. The molecule has 2 aromatic carbocycles. The first-order valence-corrected chi connectivity index (χ1v) is 6.46. The van der Waals surface area contributed by atoms with Crippen LogP contribution >= 0.6 is 0 Å². The zero-order valence-corrected chi connectivity index (χ0v) is 10.9. The van der Waals surface area contributed by atoms with Crippen LogP contribution in [0.25, 0.3) is 11.1 Å². The Kier molecular flexibility index (Phi) is 3.20. The monoisotopic (exact) mass is 290 g/mol. The molecule has 0 N–H and O–H groups in total. The second-order valence-corrected chi connectivity index (χ2v) is 4.93. The Balaban J connectivity index is 2.18. The zero-order chi connectivity index (χ0) is 15.0. The van der Waals surface area contributed by atoms with Gasteiger partial charge in [-0.15, -0.1) is 0 Å². The molecular weight excluding hydrogens is 279 g/mol. The van der Waals surface area contributed by atoms with Crippen LogP contribution < -0.4 is 5.32 Å². The highest BCUT2D eigenvalue weighted by Gasteiger charge is 2.39. The Labute approximate surface area is 119 Å². The molecule has 2 nitrogen and oxygen atoms in total. The first-order chi connectivity index (χ1) is 9.96. The summed E-state index contributed by atoms with van der Waals surface area (Å²) in [7, 11) is 0. The number of halogens is 3. The molecular formula is C16H11F3NO. The number of hydrogen-bond donors (Lipinski definition) is 0. The molecule has 0 aliphatic carbocycles. The van der Waals surface area contributed by atoms with Gasteiger partial charge in [-0.2, -0.15) is 13.2 Å². The SMILES string of the molecule is O=C1[N]c2ccccc2-c2ccccc2C1CC(F)(F)F. The lowest BCUT2D eigenvalue weighted by Gasteiger charge is -2.17. The summed E-state index contributed by atoms with van der Waals surface area (Å²) < 4.78 is 38.3. The van der Waals surface area contributed by atoms with Crippen LogP contribution in [0.2, 0.25) is 0 Å². The van der Waals surface area contributed by atoms with E-state index in [0.717, 1.165) is 0 Å². The van der Waals surface area contributed by atoms with E-state index in [0.29, 0.717) is 22.4 Å². The van der Waals surface area contributed by atoms with E-state index in [1.807, 2.05) is 0 Å². The van der Waals surface area contributed by atoms with Gasteiger partial charge in [-0.3, -0.25) is 4.79 Å². The first-order valence-electron chi connectivity index (χ1n) is 6.46. The molecule has 0 spiro atoms. The van der Waals surface area contributed by atoms with Crippen LogP contribution in [0, 0.1) is 0 Å². The van der Waals surface area contributed by atoms with Crippen LogP contribution in [0.4, 0.5) is 18.9 Å². The largest absolute Gasteiger partial charge is 0.390 e. The molecule has 0 aromatic heterocycles. The van der Waals surface area contributed by atoms with Crippen molar-refractivity contribution in [2.75, 3.05) is 0 Å². The molecule has 107 valence electrons. The molecule has 0 saturated carbocycles. The van der Waals surface area contributed by atoms with Gasteiger partial charge >= 0.3 is 6.18 Å². The third-order valence-electron chi connectivity index (χ3n) is 3.49. The summed E-state index contributed by atoms with van der Waals surface area (Å²) in [6.07, 6.45) is -5.61. The molecule has 1 aliphatic heterocycles. The van der Waals surface area contributed by atoms with Gasteiger partial charge in [-0.1, -0.05) is 42.5 Å². The van der Waals surface area contributed by atoms with Crippen molar-refractivity contribution in [3.05, 3.63) is 54.1 Å². The third-order valence-corrected chi connectivity index (χ3v) is 3.49. The second kappa shape index (κ2) is 4.91. The van der Waals surface area contributed by atoms with Crippen LogP contribution in [-0.4, -0.2) is 12.1 Å². The molecule has 2 aromatic rings. The van der Waals surface area contributed by atoms with Gasteiger partial charge in [0, 0.05) is 5.56 Å². The number of fused-ring (bicyclic) bond motifs is 3. The van der Waals surface area contributed by atoms with Gasteiger partial charge < -0.3 is 0 Å². The molecule has 21 heavy (non-hydrogen) atoms. The number of carbonyl (C=O) groups excluding carboxylic acids is 1. The highest BCUT2D eigenvalue weighted by atomic mass is 19.4. The van der Waals surface area contributed by atoms with Crippen LogP contribution in [0.3, 0.4) is 0 Å². The summed E-state index contributed by atoms with van der Waals surface area (Å²) in [5.74, 6) is -2.03. The lowest BCUT2D eigenvalue weighted by atomic mass is 9.89. The van der Waals surface area contributed by atoms with E-state index in [2.05, 4.69) is 5.32 Å². The van der Waals surface area contributed by atoms with Crippen molar-refractivity contribution in [1.82, 2.24) is 5.32 Å². The van der Waals surface area contributed by atoms with E-state index >= 15 is 0 Å². The molecule has 1 amide bonds. The summed E-state index contributed by atoms with van der Waals surface area (Å²) in [5, 5.41) is 3.88. The van der Waals surface area contributed by atoms with E-state index in [4.69, 9.17) is 0 Å². The summed E-state index contributed by atoms with van der Waals surface area (Å²) in [5.41, 5.74) is 2.12. The van der Waals surface area contributed by atoms with Gasteiger partial charge in [-0.05, 0) is 17.2 Å². The van der Waals surface area contributed by atoms with E-state index in [-0.39, 0.29) is 0 Å². The fraction of sp³-hybridized carbons (Fsp3) is 0.188. The molecule has 0 saturated heterocycles. The number of alkyl halides is 3. The second-order valence-electron chi connectivity index (χ2n) is 4.93. The number of para-hydroxylation sites is 1. The van der Waals surface area contributed by atoms with Gasteiger partial charge in [0.05, 0.1) is 18.0 Å². The molecule has 1 atom stereocenters. The smallest absolute Gasteiger partial charge is 0.272 e. The fourth-order valence-corrected chi connectivity index (χ4v) is 2.60. The minimum absolute atomic E-state index is 0.383. The average molecular weight is 290 g/mol. The predicted molar refractivity (Wildman–Crippen MR) is 72.1 cm³/mol. The van der Waals surface area contributed by atoms with Crippen molar-refractivity contribution in [2.45, 2.75) is 18.5 Å². The number of amides is 1. The Morgan fingerprint density at radius 1 is 0.952 bits per heavy atom. The Morgan fingerprint density at radius 3 is 2.29 bits per heavy atom. The molecule has 1 unspecified atom stereocenters. The maximum atomic E-state index is 12.8. The maximum absolute atomic E-state index is 12.8. The average Bonchev–Trinajstić information content (AvgIpc) is 2.54. The predicted octanol–water partition coefficient (Wildman–Crippen LogP) is 4.17. The number of hydrogen-bond acceptors (Lipinski definition) is 1. The summed E-state index contributed by atoms with van der Waals surface area (Å²) >= 11 is 0. The van der Waals surface area contributed by atoms with Gasteiger partial charge in [-0.25, -0.2) is 5.32 Å². The lowest BCUT2D eigenvalue weighted by Crippen LogP contribution is -2.24. The van der Waals surface area contributed by atoms with Gasteiger partial charge in [0.1, 0.15) is 0 Å². The van der Waals surface area contributed by atoms with Crippen LogP contribution in [0.15, 0.2) is 48.5 Å². The van der Waals surface area contributed by atoms with Crippen molar-refractivity contribution >= 4 is 11.6 Å². The minimum atomic E-state index is -4.42.